The van der Waals surface area contributed by atoms with Crippen LogP contribution in [-0.2, 0) is 9.53 Å². The number of anilines is 3. The molecule has 1 aromatic heterocycles. The van der Waals surface area contributed by atoms with Crippen molar-refractivity contribution >= 4 is 34.1 Å². The molecule has 0 saturated carbocycles. The molecule has 2 aliphatic heterocycles. The van der Waals surface area contributed by atoms with E-state index < -0.39 is 0 Å². The molecule has 0 radical (unpaired) electrons. The van der Waals surface area contributed by atoms with Crippen molar-refractivity contribution in [2.24, 2.45) is 0 Å². The van der Waals surface area contributed by atoms with Gasteiger partial charge in [-0.1, -0.05) is 24.8 Å². The van der Waals surface area contributed by atoms with Crippen LogP contribution < -0.4 is 10.2 Å². The Labute approximate surface area is 199 Å². The first-order valence-electron chi connectivity index (χ1n) is 11.7. The molecule has 8 nitrogen and oxygen atoms in total. The van der Waals surface area contributed by atoms with Crippen molar-refractivity contribution in [3.63, 3.8) is 0 Å². The van der Waals surface area contributed by atoms with Gasteiger partial charge in [-0.15, -0.1) is 0 Å². The molecule has 5 rings (SSSR count). The number of aromatic nitrogens is 2. The molecule has 3 aromatic rings. The number of hydrogen-bond donors (Lipinski definition) is 1. The van der Waals surface area contributed by atoms with Gasteiger partial charge in [-0.05, 0) is 37.4 Å². The largest absolute Gasteiger partial charge is 0.370 e. The lowest BCUT2D eigenvalue weighted by Crippen LogP contribution is -2.44. The average molecular weight is 459 g/mol. The lowest BCUT2D eigenvalue weighted by atomic mass is 10.0. The van der Waals surface area contributed by atoms with Gasteiger partial charge in [0, 0.05) is 61.2 Å². The molecule has 3 heterocycles. The molecule has 0 bridgehead atoms. The van der Waals surface area contributed by atoms with Gasteiger partial charge in [0.05, 0.1) is 18.7 Å². The van der Waals surface area contributed by atoms with E-state index >= 15 is 0 Å². The van der Waals surface area contributed by atoms with Crippen LogP contribution in [0.1, 0.15) is 11.7 Å². The van der Waals surface area contributed by atoms with E-state index in [2.05, 4.69) is 58.0 Å². The molecular weight excluding hydrogens is 428 g/mol. The van der Waals surface area contributed by atoms with E-state index in [1.807, 2.05) is 24.4 Å². The summed E-state index contributed by atoms with van der Waals surface area (Å²) in [5.41, 5.74) is 3.95. The number of ether oxygens (including phenoxy) is 1. The Hall–Kier alpha value is -3.49. The number of rotatable bonds is 5. The zero-order valence-electron chi connectivity index (χ0n) is 19.5. The Bertz CT molecular complexity index is 1170. The van der Waals surface area contributed by atoms with Crippen LogP contribution in [-0.4, -0.2) is 78.6 Å². The van der Waals surface area contributed by atoms with E-state index in [0.29, 0.717) is 25.6 Å². The summed E-state index contributed by atoms with van der Waals surface area (Å²) in [6, 6.07) is 14.4. The van der Waals surface area contributed by atoms with Crippen molar-refractivity contribution < 1.29 is 9.53 Å². The fourth-order valence-electron chi connectivity index (χ4n) is 4.51. The van der Waals surface area contributed by atoms with Crippen LogP contribution in [0, 0.1) is 0 Å². The van der Waals surface area contributed by atoms with E-state index in [4.69, 9.17) is 9.72 Å². The minimum Gasteiger partial charge on any atom is -0.370 e. The number of nitrogens with zero attached hydrogens (tertiary/aromatic N) is 5. The van der Waals surface area contributed by atoms with Gasteiger partial charge in [-0.3, -0.25) is 4.79 Å². The van der Waals surface area contributed by atoms with Gasteiger partial charge in [-0.25, -0.2) is 9.97 Å². The maximum atomic E-state index is 12.1. The minimum absolute atomic E-state index is 0.0782. The number of carbonyl (C=O) groups is 1. The molecule has 8 heteroatoms. The highest BCUT2D eigenvalue weighted by Gasteiger charge is 2.26. The third-order valence-corrected chi connectivity index (χ3v) is 6.53. The summed E-state index contributed by atoms with van der Waals surface area (Å²) < 4.78 is 6.02. The average Bonchev–Trinajstić information content (AvgIpc) is 2.89. The van der Waals surface area contributed by atoms with Crippen molar-refractivity contribution in [3.8, 4) is 0 Å². The predicted molar refractivity (Wildman–Crippen MR) is 134 cm³/mol. The summed E-state index contributed by atoms with van der Waals surface area (Å²) in [4.78, 5) is 28.0. The number of nitrogens with one attached hydrogen (secondary N) is 1. The summed E-state index contributed by atoms with van der Waals surface area (Å²) >= 11 is 0. The lowest BCUT2D eigenvalue weighted by Gasteiger charge is -2.34. The second-order valence-corrected chi connectivity index (χ2v) is 8.79. The molecule has 1 N–H and O–H groups in total. The van der Waals surface area contributed by atoms with Crippen molar-refractivity contribution in [3.05, 3.63) is 66.9 Å². The Balaban J connectivity index is 1.35. The SMILES string of the molecule is C=CC(=O)N1CCOC(c2cccc3cnc(Nc4ccc(N5CCN(C)CC5)cc4)nc23)C1. The minimum atomic E-state index is -0.244. The first-order valence-corrected chi connectivity index (χ1v) is 11.7. The van der Waals surface area contributed by atoms with Gasteiger partial charge >= 0.3 is 0 Å². The molecule has 1 amide bonds. The van der Waals surface area contributed by atoms with Gasteiger partial charge in [0.2, 0.25) is 11.9 Å². The van der Waals surface area contributed by atoms with Crippen LogP contribution in [0.3, 0.4) is 0 Å². The van der Waals surface area contributed by atoms with E-state index in [9.17, 15) is 4.79 Å². The van der Waals surface area contributed by atoms with Crippen LogP contribution >= 0.6 is 0 Å². The predicted octanol–water partition coefficient (Wildman–Crippen LogP) is 3.21. The summed E-state index contributed by atoms with van der Waals surface area (Å²) in [6.45, 7) is 9.37. The quantitative estimate of drug-likeness (QED) is 0.589. The fraction of sp³-hybridized carbons (Fsp3) is 0.346. The Morgan fingerprint density at radius 1 is 1.12 bits per heavy atom. The number of fused-ring (bicyclic) bond motifs is 1. The van der Waals surface area contributed by atoms with Crippen LogP contribution in [0.2, 0.25) is 0 Å². The second kappa shape index (κ2) is 9.79. The molecule has 2 fully saturated rings. The molecule has 176 valence electrons. The van der Waals surface area contributed by atoms with Gasteiger partial charge in [0.1, 0.15) is 6.10 Å². The van der Waals surface area contributed by atoms with Gasteiger partial charge in [0.25, 0.3) is 0 Å². The molecule has 0 aliphatic carbocycles. The molecule has 1 atom stereocenters. The number of amides is 1. The zero-order valence-corrected chi connectivity index (χ0v) is 19.5. The standard InChI is InChI=1S/C26H30N6O2/c1-3-24(33)32-15-16-34-23(18-32)22-6-4-5-19-17-27-26(29-25(19)22)28-20-7-9-21(10-8-20)31-13-11-30(2)12-14-31/h3-10,17,23H,1,11-16,18H2,2H3,(H,27,28,29). The molecule has 1 unspecified atom stereocenters. The number of para-hydroxylation sites is 1. The molecular formula is C26H30N6O2. The van der Waals surface area contributed by atoms with Crippen molar-refractivity contribution in [1.82, 2.24) is 19.8 Å². The van der Waals surface area contributed by atoms with Crippen LogP contribution in [0.25, 0.3) is 10.9 Å². The van der Waals surface area contributed by atoms with Crippen LogP contribution in [0.5, 0.6) is 0 Å². The number of piperazine rings is 1. The normalized spacial score (nSPS) is 19.3. The van der Waals surface area contributed by atoms with Crippen LogP contribution in [0.15, 0.2) is 61.3 Å². The van der Waals surface area contributed by atoms with E-state index in [1.165, 1.54) is 11.8 Å². The topological polar surface area (TPSA) is 73.8 Å². The van der Waals surface area contributed by atoms with E-state index in [0.717, 1.165) is 48.3 Å². The summed E-state index contributed by atoms with van der Waals surface area (Å²) in [7, 11) is 2.16. The molecule has 2 aliphatic rings. The number of benzene rings is 2. The molecule has 2 aromatic carbocycles. The maximum Gasteiger partial charge on any atom is 0.246 e. The second-order valence-electron chi connectivity index (χ2n) is 8.79. The fourth-order valence-corrected chi connectivity index (χ4v) is 4.51. The number of carbonyl (C=O) groups excluding carboxylic acids is 1. The monoisotopic (exact) mass is 458 g/mol. The van der Waals surface area contributed by atoms with Gasteiger partial charge in [-0.2, -0.15) is 0 Å². The smallest absolute Gasteiger partial charge is 0.246 e. The van der Waals surface area contributed by atoms with Gasteiger partial charge < -0.3 is 24.8 Å². The highest BCUT2D eigenvalue weighted by molar-refractivity contribution is 5.87. The Kier molecular flexibility index (Phi) is 6.42. The van der Waals surface area contributed by atoms with Gasteiger partial charge in [0.15, 0.2) is 0 Å². The Morgan fingerprint density at radius 3 is 2.68 bits per heavy atom. The summed E-state index contributed by atoms with van der Waals surface area (Å²) in [5.74, 6) is 0.452. The maximum absolute atomic E-state index is 12.1. The zero-order chi connectivity index (χ0) is 23.5. The summed E-state index contributed by atoms with van der Waals surface area (Å²) in [6.07, 6.45) is 2.93. The molecule has 34 heavy (non-hydrogen) atoms. The van der Waals surface area contributed by atoms with Crippen molar-refractivity contribution in [2.75, 3.05) is 63.1 Å². The highest BCUT2D eigenvalue weighted by atomic mass is 16.5. The highest BCUT2D eigenvalue weighted by Crippen LogP contribution is 2.29. The first-order chi connectivity index (χ1) is 16.6. The van der Waals surface area contributed by atoms with E-state index in [1.54, 1.807) is 4.90 Å². The van der Waals surface area contributed by atoms with Crippen LogP contribution in [0.4, 0.5) is 17.3 Å². The van der Waals surface area contributed by atoms with Crippen molar-refractivity contribution in [2.45, 2.75) is 6.10 Å². The molecule has 0 spiro atoms. The molecule has 2 saturated heterocycles. The van der Waals surface area contributed by atoms with E-state index in [-0.39, 0.29) is 12.0 Å². The third kappa shape index (κ3) is 4.73. The third-order valence-electron chi connectivity index (χ3n) is 6.53. The number of hydrogen-bond acceptors (Lipinski definition) is 7. The summed E-state index contributed by atoms with van der Waals surface area (Å²) in [5, 5.41) is 4.27. The number of likely N-dealkylation sites (N-methyl/N-ethyl adjacent to an activating group) is 1. The first kappa shape index (κ1) is 22.3. The number of morpholine rings is 1. The lowest BCUT2D eigenvalue weighted by molar-refractivity contribution is -0.133. The Morgan fingerprint density at radius 2 is 1.91 bits per heavy atom. The van der Waals surface area contributed by atoms with Crippen molar-refractivity contribution in [1.29, 1.82) is 0 Å².